The summed E-state index contributed by atoms with van der Waals surface area (Å²) in [5, 5.41) is 20.0. The Hall–Kier alpha value is -4.61. The molecule has 3 N–H and O–H groups in total. The van der Waals surface area contributed by atoms with Gasteiger partial charge in [-0.25, -0.2) is 14.2 Å². The van der Waals surface area contributed by atoms with Gasteiger partial charge in [0.05, 0.1) is 28.0 Å². The lowest BCUT2D eigenvalue weighted by atomic mass is 10.2. The number of carboxylic acids is 1. The third kappa shape index (κ3) is 5.64. The van der Waals surface area contributed by atoms with Crippen LogP contribution in [0.1, 0.15) is 5.56 Å². The second-order valence-electron chi connectivity index (χ2n) is 8.16. The molecule has 1 fully saturated rings. The van der Waals surface area contributed by atoms with Crippen molar-refractivity contribution in [2.45, 2.75) is 6.18 Å². The fourth-order valence-corrected chi connectivity index (χ4v) is 4.15. The van der Waals surface area contributed by atoms with Crippen molar-refractivity contribution in [1.82, 2.24) is 24.4 Å². The van der Waals surface area contributed by atoms with Crippen LogP contribution in [0.2, 0.25) is 5.02 Å². The van der Waals surface area contributed by atoms with Crippen LogP contribution < -0.4 is 21.5 Å². The van der Waals surface area contributed by atoms with Gasteiger partial charge in [0.15, 0.2) is 11.2 Å². The average molecular weight is 562 g/mol. The Labute approximate surface area is 222 Å². The van der Waals surface area contributed by atoms with Gasteiger partial charge in [0.1, 0.15) is 0 Å². The fourth-order valence-electron chi connectivity index (χ4n) is 3.93. The molecule has 0 amide bonds. The maximum absolute atomic E-state index is 13.0. The maximum Gasteiger partial charge on any atom is 0.490 e. The van der Waals surface area contributed by atoms with Crippen LogP contribution in [0.25, 0.3) is 22.5 Å². The van der Waals surface area contributed by atoms with E-state index in [4.69, 9.17) is 31.7 Å². The van der Waals surface area contributed by atoms with Gasteiger partial charge in [0, 0.05) is 26.2 Å². The molecule has 4 aromatic rings. The molecular formula is C24H19ClF3N7O4. The number of anilines is 1. The van der Waals surface area contributed by atoms with Crippen molar-refractivity contribution in [2.24, 2.45) is 0 Å². The number of H-pyrrole nitrogens is 1. The quantitative estimate of drug-likeness (QED) is 0.345. The summed E-state index contributed by atoms with van der Waals surface area (Å²) >= 11 is 6.51. The zero-order chi connectivity index (χ0) is 28.3. The Bertz CT molecular complexity index is 1680. The van der Waals surface area contributed by atoms with Crippen LogP contribution in [0.3, 0.4) is 0 Å². The summed E-state index contributed by atoms with van der Waals surface area (Å²) in [6.07, 6.45) is -5.08. The first-order chi connectivity index (χ1) is 18.5. The highest BCUT2D eigenvalue weighted by Gasteiger charge is 2.38. The van der Waals surface area contributed by atoms with Crippen LogP contribution in [0.5, 0.6) is 0 Å². The molecule has 2 aromatic carbocycles. The summed E-state index contributed by atoms with van der Waals surface area (Å²) in [6, 6.07) is 15.8. The van der Waals surface area contributed by atoms with Crippen molar-refractivity contribution in [3.8, 4) is 17.4 Å². The molecule has 3 heterocycles. The minimum atomic E-state index is -5.08. The number of aliphatic carboxylic acids is 1. The molecule has 1 aliphatic rings. The first kappa shape index (κ1) is 27.4. The highest BCUT2D eigenvalue weighted by Crippen LogP contribution is 2.30. The molecule has 0 aliphatic carbocycles. The lowest BCUT2D eigenvalue weighted by molar-refractivity contribution is -0.192. The highest BCUT2D eigenvalue weighted by molar-refractivity contribution is 6.32. The SMILES string of the molecule is N#Cc1ccc(-n2c(=O)[nH]c(=O)c3c2nc(N2CCNCC2)n3-c2ccccc2Cl)cc1.O=C(O)C(F)(F)F. The van der Waals surface area contributed by atoms with E-state index in [-0.39, 0.29) is 11.2 Å². The van der Waals surface area contributed by atoms with Crippen LogP contribution in [0.15, 0.2) is 58.1 Å². The number of carbonyl (C=O) groups is 1. The van der Waals surface area contributed by atoms with Crippen LogP contribution in [0.4, 0.5) is 19.1 Å². The first-order valence-corrected chi connectivity index (χ1v) is 11.7. The second kappa shape index (κ2) is 11.0. The number of aromatic amines is 1. The summed E-state index contributed by atoms with van der Waals surface area (Å²) < 4.78 is 34.8. The van der Waals surface area contributed by atoms with Gasteiger partial charge in [-0.3, -0.25) is 14.3 Å². The Morgan fingerprint density at radius 3 is 2.23 bits per heavy atom. The van der Waals surface area contributed by atoms with Gasteiger partial charge in [0.2, 0.25) is 5.95 Å². The van der Waals surface area contributed by atoms with E-state index in [2.05, 4.69) is 21.3 Å². The smallest absolute Gasteiger partial charge is 0.475 e. The standard InChI is InChI=1S/C22H18ClN7O2.C2HF3O2/c23-16-3-1-2-4-17(16)30-18-19(26-21(30)28-11-9-25-10-12-28)29(22(32)27-20(18)31)15-7-5-14(13-24)6-8-15;3-2(4,5)1(6)7/h1-8,25H,9-12H2,(H,27,31,32);(H,6,7). The van der Waals surface area contributed by atoms with Crippen LogP contribution in [-0.4, -0.2) is 62.5 Å². The number of imidazole rings is 1. The van der Waals surface area contributed by atoms with Gasteiger partial charge in [-0.05, 0) is 36.4 Å². The average Bonchev–Trinajstić information content (AvgIpc) is 3.30. The number of hydrogen-bond acceptors (Lipinski definition) is 7. The highest BCUT2D eigenvalue weighted by atomic mass is 35.5. The second-order valence-corrected chi connectivity index (χ2v) is 8.57. The number of carboxylic acid groups (broad SMARTS) is 1. The van der Waals surface area contributed by atoms with E-state index >= 15 is 0 Å². The Morgan fingerprint density at radius 2 is 1.67 bits per heavy atom. The summed E-state index contributed by atoms with van der Waals surface area (Å²) in [4.78, 5) is 44.0. The van der Waals surface area contributed by atoms with E-state index in [1.54, 1.807) is 34.9 Å². The number of rotatable bonds is 3. The predicted octanol–water partition coefficient (Wildman–Crippen LogP) is 2.43. The zero-order valence-electron chi connectivity index (χ0n) is 19.9. The van der Waals surface area contributed by atoms with Crippen molar-refractivity contribution < 1.29 is 23.1 Å². The molecular weight excluding hydrogens is 543 g/mol. The van der Waals surface area contributed by atoms with E-state index in [0.717, 1.165) is 13.1 Å². The summed E-state index contributed by atoms with van der Waals surface area (Å²) in [5.74, 6) is -2.22. The number of para-hydroxylation sites is 1. The third-order valence-electron chi connectivity index (χ3n) is 5.68. The molecule has 1 aliphatic heterocycles. The molecule has 39 heavy (non-hydrogen) atoms. The number of hydrogen-bond donors (Lipinski definition) is 3. The lowest BCUT2D eigenvalue weighted by Gasteiger charge is -2.28. The van der Waals surface area contributed by atoms with Gasteiger partial charge >= 0.3 is 17.8 Å². The first-order valence-electron chi connectivity index (χ1n) is 11.3. The largest absolute Gasteiger partial charge is 0.490 e. The van der Waals surface area contributed by atoms with Crippen LogP contribution in [0, 0.1) is 11.3 Å². The molecule has 0 spiro atoms. The van der Waals surface area contributed by atoms with Crippen LogP contribution in [-0.2, 0) is 4.79 Å². The maximum atomic E-state index is 13.0. The van der Waals surface area contributed by atoms with Crippen LogP contribution >= 0.6 is 11.6 Å². The number of aromatic nitrogens is 4. The minimum absolute atomic E-state index is 0.218. The molecule has 15 heteroatoms. The summed E-state index contributed by atoms with van der Waals surface area (Å²) in [5.41, 5.74) is 0.830. The number of halogens is 4. The van der Waals surface area contributed by atoms with E-state index in [0.29, 0.717) is 41.0 Å². The van der Waals surface area contributed by atoms with Crippen molar-refractivity contribution in [3.05, 3.63) is 80.0 Å². The molecule has 0 saturated carbocycles. The molecule has 0 unspecified atom stereocenters. The van der Waals surface area contributed by atoms with E-state index in [1.807, 2.05) is 18.2 Å². The number of alkyl halides is 3. The number of nitrogens with one attached hydrogen (secondary N) is 2. The molecule has 0 bridgehead atoms. The molecule has 0 atom stereocenters. The number of benzene rings is 2. The van der Waals surface area contributed by atoms with Gasteiger partial charge in [-0.15, -0.1) is 0 Å². The zero-order valence-corrected chi connectivity index (χ0v) is 20.6. The monoisotopic (exact) mass is 561 g/mol. The predicted molar refractivity (Wildman–Crippen MR) is 136 cm³/mol. The number of nitriles is 1. The Balaban J connectivity index is 0.000000448. The summed E-state index contributed by atoms with van der Waals surface area (Å²) in [6.45, 7) is 2.91. The van der Waals surface area contributed by atoms with Gasteiger partial charge in [-0.2, -0.15) is 23.4 Å². The lowest BCUT2D eigenvalue weighted by Crippen LogP contribution is -2.44. The van der Waals surface area contributed by atoms with Gasteiger partial charge < -0.3 is 15.3 Å². The number of fused-ring (bicyclic) bond motifs is 1. The number of piperazine rings is 1. The van der Waals surface area contributed by atoms with E-state index < -0.39 is 23.4 Å². The Kier molecular flexibility index (Phi) is 7.75. The molecule has 5 rings (SSSR count). The van der Waals surface area contributed by atoms with E-state index in [9.17, 15) is 22.8 Å². The normalized spacial score (nSPS) is 13.5. The molecule has 1 saturated heterocycles. The molecule has 202 valence electrons. The van der Waals surface area contributed by atoms with Gasteiger partial charge in [0.25, 0.3) is 5.56 Å². The van der Waals surface area contributed by atoms with Crippen molar-refractivity contribution >= 4 is 34.7 Å². The van der Waals surface area contributed by atoms with E-state index in [1.165, 1.54) is 4.57 Å². The third-order valence-corrected chi connectivity index (χ3v) is 6.00. The van der Waals surface area contributed by atoms with Crippen molar-refractivity contribution in [3.63, 3.8) is 0 Å². The van der Waals surface area contributed by atoms with Crippen molar-refractivity contribution in [1.29, 1.82) is 5.26 Å². The minimum Gasteiger partial charge on any atom is -0.475 e. The molecule has 2 aromatic heterocycles. The number of nitrogens with zero attached hydrogens (tertiary/aromatic N) is 5. The Morgan fingerprint density at radius 1 is 1.05 bits per heavy atom. The van der Waals surface area contributed by atoms with Gasteiger partial charge in [-0.1, -0.05) is 23.7 Å². The topological polar surface area (TPSA) is 149 Å². The summed E-state index contributed by atoms with van der Waals surface area (Å²) in [7, 11) is 0. The molecule has 0 radical (unpaired) electrons. The van der Waals surface area contributed by atoms with Crippen molar-refractivity contribution in [2.75, 3.05) is 31.1 Å². The fraction of sp³-hybridized carbons (Fsp3) is 0.208. The molecule has 11 nitrogen and oxygen atoms in total.